The summed E-state index contributed by atoms with van der Waals surface area (Å²) in [5.41, 5.74) is 7.74. The second kappa shape index (κ2) is 3.97. The molecule has 1 unspecified atom stereocenters. The maximum absolute atomic E-state index is 5.94. The summed E-state index contributed by atoms with van der Waals surface area (Å²) in [5, 5.41) is 0. The summed E-state index contributed by atoms with van der Waals surface area (Å²) < 4.78 is 2.05. The highest BCUT2D eigenvalue weighted by atomic mass is 32.2. The molecule has 2 N–H and O–H groups in total. The number of nitrogens with zero attached hydrogens (tertiary/aromatic N) is 3. The van der Waals surface area contributed by atoms with Gasteiger partial charge in [-0.1, -0.05) is 0 Å². The van der Waals surface area contributed by atoms with Crippen molar-refractivity contribution in [3.63, 3.8) is 0 Å². The van der Waals surface area contributed by atoms with E-state index in [1.165, 1.54) is 17.9 Å². The van der Waals surface area contributed by atoms with E-state index in [1.807, 2.05) is 28.5 Å². The van der Waals surface area contributed by atoms with Crippen molar-refractivity contribution in [1.82, 2.24) is 14.5 Å². The molecule has 1 fully saturated rings. The van der Waals surface area contributed by atoms with Crippen LogP contribution in [0.2, 0.25) is 0 Å². The minimum atomic E-state index is 0.589. The van der Waals surface area contributed by atoms with Crippen LogP contribution in [0, 0.1) is 5.92 Å². The molecule has 3 rings (SSSR count). The SMILES string of the molecule is Nc1nc2cccnc2n1CC1CCSC1. The van der Waals surface area contributed by atoms with Gasteiger partial charge in [-0.15, -0.1) is 0 Å². The van der Waals surface area contributed by atoms with E-state index >= 15 is 0 Å². The van der Waals surface area contributed by atoms with E-state index in [-0.39, 0.29) is 0 Å². The third-order valence-electron chi connectivity index (χ3n) is 3.00. The lowest BCUT2D eigenvalue weighted by atomic mass is 10.1. The largest absolute Gasteiger partial charge is 0.369 e. The Morgan fingerprint density at radius 2 is 2.50 bits per heavy atom. The van der Waals surface area contributed by atoms with Gasteiger partial charge in [0.05, 0.1) is 0 Å². The average Bonchev–Trinajstić information content (AvgIpc) is 2.89. The van der Waals surface area contributed by atoms with Crippen LogP contribution in [-0.2, 0) is 6.54 Å². The van der Waals surface area contributed by atoms with Crippen LogP contribution in [0.15, 0.2) is 18.3 Å². The molecule has 16 heavy (non-hydrogen) atoms. The fourth-order valence-corrected chi connectivity index (χ4v) is 3.41. The number of rotatable bonds is 2. The number of nitrogens with two attached hydrogens (primary N) is 1. The monoisotopic (exact) mass is 234 g/mol. The molecular formula is C11H14N4S. The lowest BCUT2D eigenvalue weighted by Crippen LogP contribution is -2.12. The number of hydrogen-bond acceptors (Lipinski definition) is 4. The highest BCUT2D eigenvalue weighted by molar-refractivity contribution is 7.99. The predicted octanol–water partition coefficient (Wildman–Crippen LogP) is 1.77. The second-order valence-electron chi connectivity index (χ2n) is 4.16. The van der Waals surface area contributed by atoms with Gasteiger partial charge >= 0.3 is 0 Å². The number of fused-ring (bicyclic) bond motifs is 1. The Labute approximate surface area is 98.3 Å². The molecule has 0 aliphatic carbocycles. The van der Waals surface area contributed by atoms with Crippen LogP contribution in [0.1, 0.15) is 6.42 Å². The Kier molecular flexibility index (Phi) is 2.47. The van der Waals surface area contributed by atoms with E-state index < -0.39 is 0 Å². The summed E-state index contributed by atoms with van der Waals surface area (Å²) in [6.45, 7) is 0.951. The van der Waals surface area contributed by atoms with Crippen molar-refractivity contribution in [2.45, 2.75) is 13.0 Å². The number of nitrogen functional groups attached to an aromatic ring is 1. The van der Waals surface area contributed by atoms with Crippen molar-refractivity contribution in [2.75, 3.05) is 17.2 Å². The van der Waals surface area contributed by atoms with E-state index in [0.717, 1.165) is 17.7 Å². The minimum Gasteiger partial charge on any atom is -0.369 e. The van der Waals surface area contributed by atoms with Gasteiger partial charge in [0.1, 0.15) is 5.52 Å². The highest BCUT2D eigenvalue weighted by Crippen LogP contribution is 2.27. The van der Waals surface area contributed by atoms with Crippen molar-refractivity contribution < 1.29 is 0 Å². The first-order valence-corrected chi connectivity index (χ1v) is 6.64. The van der Waals surface area contributed by atoms with Crippen LogP contribution in [-0.4, -0.2) is 26.0 Å². The Morgan fingerprint density at radius 3 is 3.31 bits per heavy atom. The zero-order chi connectivity index (χ0) is 11.0. The van der Waals surface area contributed by atoms with E-state index in [1.54, 1.807) is 6.20 Å². The predicted molar refractivity (Wildman–Crippen MR) is 67.4 cm³/mol. The van der Waals surface area contributed by atoms with Crippen LogP contribution >= 0.6 is 11.8 Å². The summed E-state index contributed by atoms with van der Waals surface area (Å²) >= 11 is 2.02. The lowest BCUT2D eigenvalue weighted by molar-refractivity contribution is 0.503. The molecule has 0 saturated carbocycles. The molecule has 4 nitrogen and oxygen atoms in total. The number of hydrogen-bond donors (Lipinski definition) is 1. The fourth-order valence-electron chi connectivity index (χ4n) is 2.14. The first-order valence-electron chi connectivity index (χ1n) is 5.49. The van der Waals surface area contributed by atoms with E-state index in [4.69, 9.17) is 5.73 Å². The maximum atomic E-state index is 5.94. The van der Waals surface area contributed by atoms with Crippen molar-refractivity contribution in [2.24, 2.45) is 5.92 Å². The molecule has 84 valence electrons. The van der Waals surface area contributed by atoms with Gasteiger partial charge in [0.25, 0.3) is 0 Å². The molecule has 1 aliphatic heterocycles. The first kappa shape index (κ1) is 9.96. The molecular weight excluding hydrogens is 220 g/mol. The quantitative estimate of drug-likeness (QED) is 0.860. The minimum absolute atomic E-state index is 0.589. The number of pyridine rings is 1. The Hall–Kier alpha value is -1.23. The molecule has 2 aromatic rings. The number of anilines is 1. The molecule has 0 spiro atoms. The van der Waals surface area contributed by atoms with Gasteiger partial charge in [-0.25, -0.2) is 9.97 Å². The summed E-state index contributed by atoms with van der Waals surface area (Å²) in [7, 11) is 0. The fraction of sp³-hybridized carbons (Fsp3) is 0.455. The van der Waals surface area contributed by atoms with Gasteiger partial charge < -0.3 is 5.73 Å². The first-order chi connectivity index (χ1) is 7.84. The van der Waals surface area contributed by atoms with Crippen LogP contribution in [0.3, 0.4) is 0 Å². The Bertz CT molecular complexity index is 502. The molecule has 0 bridgehead atoms. The van der Waals surface area contributed by atoms with Gasteiger partial charge in [0.15, 0.2) is 5.65 Å². The van der Waals surface area contributed by atoms with Crippen molar-refractivity contribution in [3.05, 3.63) is 18.3 Å². The van der Waals surface area contributed by atoms with Crippen molar-refractivity contribution in [1.29, 1.82) is 0 Å². The number of aromatic nitrogens is 3. The van der Waals surface area contributed by atoms with Crippen LogP contribution in [0.5, 0.6) is 0 Å². The normalized spacial score (nSPS) is 20.6. The van der Waals surface area contributed by atoms with Crippen LogP contribution in [0.25, 0.3) is 11.2 Å². The lowest BCUT2D eigenvalue weighted by Gasteiger charge is -2.10. The highest BCUT2D eigenvalue weighted by Gasteiger charge is 2.18. The Balaban J connectivity index is 1.98. The van der Waals surface area contributed by atoms with E-state index in [0.29, 0.717) is 11.9 Å². The molecule has 1 atom stereocenters. The third kappa shape index (κ3) is 1.65. The zero-order valence-electron chi connectivity index (χ0n) is 8.97. The standard InChI is InChI=1S/C11H14N4S/c12-11-14-9-2-1-4-13-10(9)15(11)6-8-3-5-16-7-8/h1-2,4,8H,3,5-7H2,(H2,12,14). The Morgan fingerprint density at radius 1 is 1.56 bits per heavy atom. The van der Waals surface area contributed by atoms with Crippen LogP contribution < -0.4 is 5.73 Å². The van der Waals surface area contributed by atoms with Gasteiger partial charge in [0, 0.05) is 12.7 Å². The van der Waals surface area contributed by atoms with Gasteiger partial charge in [-0.05, 0) is 36.0 Å². The molecule has 5 heteroatoms. The zero-order valence-corrected chi connectivity index (χ0v) is 9.78. The van der Waals surface area contributed by atoms with Crippen molar-refractivity contribution >= 4 is 28.9 Å². The number of thioether (sulfide) groups is 1. The molecule has 0 amide bonds. The summed E-state index contributed by atoms with van der Waals surface area (Å²) in [4.78, 5) is 8.68. The maximum Gasteiger partial charge on any atom is 0.202 e. The topological polar surface area (TPSA) is 56.7 Å². The second-order valence-corrected chi connectivity index (χ2v) is 5.31. The van der Waals surface area contributed by atoms with Gasteiger partial charge in [0.2, 0.25) is 5.95 Å². The summed E-state index contributed by atoms with van der Waals surface area (Å²) in [6, 6.07) is 3.85. The average molecular weight is 234 g/mol. The molecule has 0 radical (unpaired) electrons. The van der Waals surface area contributed by atoms with Crippen molar-refractivity contribution in [3.8, 4) is 0 Å². The smallest absolute Gasteiger partial charge is 0.202 e. The summed E-state index contributed by atoms with van der Waals surface area (Å²) in [5.74, 6) is 3.80. The van der Waals surface area contributed by atoms with E-state index in [2.05, 4.69) is 9.97 Å². The molecule has 3 heterocycles. The van der Waals surface area contributed by atoms with Crippen LogP contribution in [0.4, 0.5) is 5.95 Å². The van der Waals surface area contributed by atoms with Gasteiger partial charge in [-0.2, -0.15) is 11.8 Å². The summed E-state index contributed by atoms with van der Waals surface area (Å²) in [6.07, 6.45) is 3.07. The molecule has 1 saturated heterocycles. The van der Waals surface area contributed by atoms with Gasteiger partial charge in [-0.3, -0.25) is 4.57 Å². The van der Waals surface area contributed by atoms with E-state index in [9.17, 15) is 0 Å². The molecule has 0 aromatic carbocycles. The number of imidazole rings is 1. The molecule has 1 aliphatic rings. The third-order valence-corrected chi connectivity index (χ3v) is 4.23. The molecule has 2 aromatic heterocycles.